The molecule has 0 heterocycles. The average molecular weight is 338 g/mol. The molecule has 0 amide bonds. The van der Waals surface area contributed by atoms with E-state index in [0.29, 0.717) is 24.3 Å². The molecule has 22 heavy (non-hydrogen) atoms. The van der Waals surface area contributed by atoms with Crippen LogP contribution in [0.25, 0.3) is 5.57 Å². The molecule has 0 spiro atoms. The maximum atomic E-state index is 5.87. The predicted molar refractivity (Wildman–Crippen MR) is 104 cm³/mol. The molecule has 1 rings (SSSR count). The second-order valence-corrected chi connectivity index (χ2v) is 6.98. The molecule has 122 valence electrons. The molecule has 0 saturated carbocycles. The fourth-order valence-electron chi connectivity index (χ4n) is 2.56. The van der Waals surface area contributed by atoms with Crippen molar-refractivity contribution in [2.24, 2.45) is 11.7 Å². The van der Waals surface area contributed by atoms with Gasteiger partial charge in [0.15, 0.2) is 0 Å². The van der Waals surface area contributed by atoms with Gasteiger partial charge in [-0.15, -0.1) is 11.6 Å². The monoisotopic (exact) mass is 337 g/mol. The highest BCUT2D eigenvalue weighted by molar-refractivity contribution is 7.98. The van der Waals surface area contributed by atoms with Gasteiger partial charge in [-0.3, -0.25) is 0 Å². The summed E-state index contributed by atoms with van der Waals surface area (Å²) in [6.45, 7) is 6.78. The molecule has 1 nitrogen and oxygen atoms in total. The molecule has 3 heteroatoms. The normalized spacial score (nSPS) is 14.6. The lowest BCUT2D eigenvalue weighted by molar-refractivity contribution is 0.538. The van der Waals surface area contributed by atoms with Crippen LogP contribution in [0.1, 0.15) is 36.8 Å². The van der Waals surface area contributed by atoms with Crippen LogP contribution in [0.2, 0.25) is 0 Å². The van der Waals surface area contributed by atoms with Crippen LogP contribution in [-0.2, 0) is 0 Å². The molecule has 0 bridgehead atoms. The smallest absolute Gasteiger partial charge is 0.0226 e. The summed E-state index contributed by atoms with van der Waals surface area (Å²) in [7, 11) is 0. The van der Waals surface area contributed by atoms with Crippen LogP contribution in [0.15, 0.2) is 43.0 Å². The number of rotatable bonds is 10. The Kier molecular flexibility index (Phi) is 9.61. The topological polar surface area (TPSA) is 26.0 Å². The maximum absolute atomic E-state index is 5.87. The first-order valence-electron chi connectivity index (χ1n) is 7.83. The molecule has 0 aliphatic rings. The van der Waals surface area contributed by atoms with Crippen molar-refractivity contribution in [1.29, 1.82) is 0 Å². The fraction of sp³-hybridized carbons (Fsp3) is 0.474. The van der Waals surface area contributed by atoms with Gasteiger partial charge < -0.3 is 5.73 Å². The molecule has 1 aromatic carbocycles. The Labute approximate surface area is 145 Å². The summed E-state index contributed by atoms with van der Waals surface area (Å²) in [6.07, 6.45) is 8.01. The highest BCUT2D eigenvalue weighted by Gasteiger charge is 2.11. The van der Waals surface area contributed by atoms with E-state index in [2.05, 4.69) is 50.1 Å². The number of nitrogens with two attached hydrogens (primary N) is 1. The molecule has 0 aromatic heterocycles. The Bertz CT molecular complexity index is 467. The zero-order chi connectivity index (χ0) is 16.4. The third-order valence-corrected chi connectivity index (χ3v) is 5.00. The van der Waals surface area contributed by atoms with Crippen molar-refractivity contribution < 1.29 is 0 Å². The predicted octanol–water partition coefficient (Wildman–Crippen LogP) is 5.32. The van der Waals surface area contributed by atoms with Crippen LogP contribution < -0.4 is 5.73 Å². The third kappa shape index (κ3) is 6.20. The van der Waals surface area contributed by atoms with E-state index in [1.165, 1.54) is 16.7 Å². The highest BCUT2D eigenvalue weighted by Crippen LogP contribution is 2.27. The zero-order valence-electron chi connectivity index (χ0n) is 13.7. The minimum absolute atomic E-state index is 0.429. The van der Waals surface area contributed by atoms with E-state index in [9.17, 15) is 0 Å². The van der Waals surface area contributed by atoms with Crippen molar-refractivity contribution in [3.8, 4) is 0 Å². The van der Waals surface area contributed by atoms with Gasteiger partial charge >= 0.3 is 0 Å². The maximum Gasteiger partial charge on any atom is 0.0226 e. The summed E-state index contributed by atoms with van der Waals surface area (Å²) < 4.78 is 0. The van der Waals surface area contributed by atoms with Crippen LogP contribution in [0.4, 0.5) is 0 Å². The zero-order valence-corrected chi connectivity index (χ0v) is 15.3. The van der Waals surface area contributed by atoms with Crippen LogP contribution in [-0.4, -0.2) is 24.4 Å². The van der Waals surface area contributed by atoms with Gasteiger partial charge in [0.2, 0.25) is 0 Å². The largest absolute Gasteiger partial charge is 0.330 e. The summed E-state index contributed by atoms with van der Waals surface area (Å²) in [5.74, 6) is 2.83. The van der Waals surface area contributed by atoms with Gasteiger partial charge in [-0.2, -0.15) is 11.8 Å². The van der Waals surface area contributed by atoms with Gasteiger partial charge in [0.25, 0.3) is 0 Å². The number of benzene rings is 1. The lowest BCUT2D eigenvalue weighted by atomic mass is 9.91. The molecular formula is C19H28ClNS. The van der Waals surface area contributed by atoms with E-state index >= 15 is 0 Å². The van der Waals surface area contributed by atoms with Crippen molar-refractivity contribution >= 4 is 28.9 Å². The highest BCUT2D eigenvalue weighted by atomic mass is 35.5. The Balaban J connectivity index is 2.88. The lowest BCUT2D eigenvalue weighted by Crippen LogP contribution is -2.15. The first-order valence-corrected chi connectivity index (χ1v) is 9.75. The fourth-order valence-corrected chi connectivity index (χ4v) is 3.57. The van der Waals surface area contributed by atoms with Crippen LogP contribution >= 0.6 is 23.4 Å². The molecule has 0 radical (unpaired) electrons. The summed E-state index contributed by atoms with van der Waals surface area (Å²) >= 11 is 7.76. The molecule has 0 saturated heterocycles. The summed E-state index contributed by atoms with van der Waals surface area (Å²) in [4.78, 5) is 0. The standard InChI is InChI=1S/C19H28ClNS/c1-4-5-19(12-16(13-21)10-11-20)18-8-6-17(7-9-18)15(2)14-22-3/h4-9,15-16H,1,10-14,21H2,2-3H3. The number of halogens is 1. The van der Waals surface area contributed by atoms with E-state index in [4.69, 9.17) is 17.3 Å². The van der Waals surface area contributed by atoms with Crippen LogP contribution in [0, 0.1) is 5.92 Å². The number of thioether (sulfide) groups is 1. The Morgan fingerprint density at radius 3 is 2.55 bits per heavy atom. The van der Waals surface area contributed by atoms with E-state index in [-0.39, 0.29) is 0 Å². The first-order chi connectivity index (χ1) is 10.7. The van der Waals surface area contributed by atoms with Gasteiger partial charge in [-0.1, -0.05) is 49.9 Å². The van der Waals surface area contributed by atoms with E-state index in [1.54, 1.807) is 0 Å². The SMILES string of the molecule is C=CC=C(CC(CN)CCCl)c1ccc(C(C)CSC)cc1. The van der Waals surface area contributed by atoms with E-state index < -0.39 is 0 Å². The second-order valence-electron chi connectivity index (χ2n) is 5.69. The van der Waals surface area contributed by atoms with Crippen LogP contribution in [0.3, 0.4) is 0 Å². The first kappa shape index (κ1) is 19.3. The minimum Gasteiger partial charge on any atom is -0.330 e. The Hall–Kier alpha value is -0.700. The van der Waals surface area contributed by atoms with Gasteiger partial charge in [0, 0.05) is 5.88 Å². The van der Waals surface area contributed by atoms with Crippen molar-refractivity contribution in [2.45, 2.75) is 25.7 Å². The minimum atomic E-state index is 0.429. The molecule has 1 aromatic rings. The lowest BCUT2D eigenvalue weighted by Gasteiger charge is -2.17. The van der Waals surface area contributed by atoms with E-state index in [1.807, 2.05) is 17.8 Å². The molecule has 2 N–H and O–H groups in total. The average Bonchev–Trinajstić information content (AvgIpc) is 2.54. The molecule has 0 aliphatic heterocycles. The van der Waals surface area contributed by atoms with Crippen molar-refractivity contribution in [2.75, 3.05) is 24.4 Å². The van der Waals surface area contributed by atoms with Crippen molar-refractivity contribution in [1.82, 2.24) is 0 Å². The van der Waals surface area contributed by atoms with Gasteiger partial charge in [-0.05, 0) is 59.9 Å². The van der Waals surface area contributed by atoms with Crippen LogP contribution in [0.5, 0.6) is 0 Å². The van der Waals surface area contributed by atoms with Crippen molar-refractivity contribution in [3.05, 3.63) is 54.1 Å². The number of hydrogen-bond acceptors (Lipinski definition) is 2. The summed E-state index contributed by atoms with van der Waals surface area (Å²) in [5.41, 5.74) is 9.81. The molecule has 2 atom stereocenters. The number of alkyl halides is 1. The molecule has 0 fully saturated rings. The Morgan fingerprint density at radius 1 is 1.36 bits per heavy atom. The van der Waals surface area contributed by atoms with Gasteiger partial charge in [-0.25, -0.2) is 0 Å². The Morgan fingerprint density at radius 2 is 2.05 bits per heavy atom. The molecule has 2 unspecified atom stereocenters. The summed E-state index contributed by atoms with van der Waals surface area (Å²) in [5, 5.41) is 0. The van der Waals surface area contributed by atoms with E-state index in [0.717, 1.165) is 18.6 Å². The molecule has 0 aliphatic carbocycles. The number of hydrogen-bond donors (Lipinski definition) is 1. The van der Waals surface area contributed by atoms with Gasteiger partial charge in [0.05, 0.1) is 0 Å². The second kappa shape index (κ2) is 10.9. The molecular weight excluding hydrogens is 310 g/mol. The van der Waals surface area contributed by atoms with Crippen molar-refractivity contribution in [3.63, 3.8) is 0 Å². The third-order valence-electron chi connectivity index (χ3n) is 3.95. The van der Waals surface area contributed by atoms with Gasteiger partial charge in [0.1, 0.15) is 0 Å². The number of allylic oxidation sites excluding steroid dienone is 3. The quantitative estimate of drug-likeness (QED) is 0.462. The summed E-state index contributed by atoms with van der Waals surface area (Å²) in [6, 6.07) is 8.92.